The third-order valence-electron chi connectivity index (χ3n) is 9.91. The number of nitrogens with zero attached hydrogens (tertiary/aromatic N) is 5. The molecule has 22 nitrogen and oxygen atoms in total. The topological polar surface area (TPSA) is 273 Å². The van der Waals surface area contributed by atoms with Gasteiger partial charge in [0, 0.05) is 80.8 Å². The van der Waals surface area contributed by atoms with Crippen LogP contribution in [0.15, 0.2) is 53.8 Å². The number of likely N-dealkylation sites (tertiary alicyclic amines) is 2. The predicted octanol–water partition coefficient (Wildman–Crippen LogP) is 1.34. The van der Waals surface area contributed by atoms with Crippen LogP contribution in [0.5, 0.6) is 0 Å². The first-order valence-electron chi connectivity index (χ1n) is 20.8. The molecule has 66 heavy (non-hydrogen) atoms. The predicted molar refractivity (Wildman–Crippen MR) is 251 cm³/mol. The molecule has 0 spiro atoms. The molecule has 0 aromatic rings. The lowest BCUT2D eigenvalue weighted by Gasteiger charge is -2.24. The fourth-order valence-corrected chi connectivity index (χ4v) is 7.93. The Morgan fingerprint density at radius 1 is 0.712 bits per heavy atom. The number of ether oxygens (including phenoxy) is 6. The van der Waals surface area contributed by atoms with Gasteiger partial charge in [0.25, 0.3) is 0 Å². The standard InChI is InChI=1S/C11H19NO3.C10H17NO3.C7H15NO5S.C7H13NO3S.C6H11NO.CH3NO/c1-8-6-12(7-9(8)14-5)10(13)15-11(2,3)4;1-7-5-11(6-8(7)12)9(13)14-10(2,3)4;1-13-6-3-8(14(2,11)12)4-7(6,10)5-9;1-6-4-8(12(3,9)10)5-7(6)11-2;1-5-3-7-4-6(5)8-2;1-2-3/h9H,1,6-7H2,2-5H3;8,12H,1,5-6H2,2-4H3;6,9-10H,3-5H2,1-2H3;7H,1,4-5H2,2-3H3;6-7H,1,3-4H2,2H3;1H3/t9-;8-;6-,7+;7-;6-;/m01000./s1. The molecule has 5 heterocycles. The number of methoxy groups -OCH3 is 4. The Bertz CT molecular complexity index is 1850. The molecule has 384 valence electrons. The molecule has 2 amide bonds. The summed E-state index contributed by atoms with van der Waals surface area (Å²) in [5.74, 6) is 0. The average molecular weight is 987 g/mol. The summed E-state index contributed by atoms with van der Waals surface area (Å²) in [6.07, 6.45) is 0.330. The summed E-state index contributed by atoms with van der Waals surface area (Å²) >= 11 is 0. The second kappa shape index (κ2) is 27.6. The van der Waals surface area contributed by atoms with Gasteiger partial charge >= 0.3 is 12.2 Å². The zero-order valence-electron chi connectivity index (χ0n) is 41.2. The summed E-state index contributed by atoms with van der Waals surface area (Å²) in [5.41, 5.74) is 1.13. The molecule has 0 saturated carbocycles. The summed E-state index contributed by atoms with van der Waals surface area (Å²) in [7, 11) is 1.02. The first kappa shape index (κ1) is 62.6. The molecule has 6 atom stereocenters. The van der Waals surface area contributed by atoms with Gasteiger partial charge in [0.05, 0.1) is 63.7 Å². The fourth-order valence-electron chi connectivity index (χ4n) is 6.26. The fraction of sp³-hybridized carbons (Fsp3) is 0.762. The quantitative estimate of drug-likeness (QED) is 0.207. The normalized spacial score (nSPS) is 25.8. The van der Waals surface area contributed by atoms with E-state index in [2.05, 4.69) is 36.8 Å². The van der Waals surface area contributed by atoms with Crippen LogP contribution < -0.4 is 5.32 Å². The van der Waals surface area contributed by atoms with E-state index in [1.165, 1.54) is 29.6 Å². The van der Waals surface area contributed by atoms with Crippen molar-refractivity contribution in [3.63, 3.8) is 0 Å². The van der Waals surface area contributed by atoms with Crippen LogP contribution in [-0.4, -0.2) is 230 Å². The van der Waals surface area contributed by atoms with Crippen LogP contribution in [0.4, 0.5) is 9.59 Å². The zero-order chi connectivity index (χ0) is 51.6. The van der Waals surface area contributed by atoms with Crippen LogP contribution in [-0.2, 0) is 48.5 Å². The van der Waals surface area contributed by atoms with E-state index >= 15 is 0 Å². The molecule has 0 radical (unpaired) electrons. The molecule has 24 heteroatoms. The molecule has 5 aliphatic heterocycles. The number of aliphatic hydroxyl groups excluding tert-OH is 2. The van der Waals surface area contributed by atoms with E-state index in [0.29, 0.717) is 38.3 Å². The van der Waals surface area contributed by atoms with Crippen LogP contribution >= 0.6 is 0 Å². The number of sulfonamides is 2. The van der Waals surface area contributed by atoms with Gasteiger partial charge in [-0.1, -0.05) is 31.5 Å². The Hall–Kier alpha value is -3.40. The number of carbonyl (C=O) groups excluding carboxylic acids is 2. The Kier molecular flexibility index (Phi) is 26.1. The maximum atomic E-state index is 11.7. The summed E-state index contributed by atoms with van der Waals surface area (Å²) in [6.45, 7) is 29.9. The minimum absolute atomic E-state index is 0.0579. The minimum atomic E-state index is -3.34. The minimum Gasteiger partial charge on any atom is -0.444 e. The molecule has 4 N–H and O–H groups in total. The Labute approximate surface area is 392 Å². The van der Waals surface area contributed by atoms with Crippen LogP contribution in [0.1, 0.15) is 41.5 Å². The SMILES string of the molecule is C=C1CN(C(=O)OC(C)(C)C)C[C@@H]1OC.C=C1CN(C(=O)OC(C)(C)C)C[C@H]1O.C=C1CN(S(C)(=O)=O)C[C@@H]1OC.C=C1CNC[C@@H]1OC.CN=O.CO[C@H]1CN(S(C)(=O)=O)C[C@@]1(O)CO. The van der Waals surface area contributed by atoms with Gasteiger partial charge in [-0.2, -0.15) is 13.5 Å². The second-order valence-corrected chi connectivity index (χ2v) is 21.9. The van der Waals surface area contributed by atoms with Crippen molar-refractivity contribution in [3.8, 4) is 0 Å². The van der Waals surface area contributed by atoms with Gasteiger partial charge in [-0.25, -0.2) is 26.4 Å². The van der Waals surface area contributed by atoms with Gasteiger partial charge < -0.3 is 58.9 Å². The molecule has 0 aromatic heterocycles. The molecule has 0 aliphatic carbocycles. The van der Waals surface area contributed by atoms with E-state index in [4.69, 9.17) is 38.4 Å². The van der Waals surface area contributed by atoms with E-state index in [1.807, 2.05) is 41.5 Å². The summed E-state index contributed by atoms with van der Waals surface area (Å²) < 4.78 is 77.6. The molecule has 5 rings (SSSR count). The molecular weight excluding hydrogens is 909 g/mol. The number of carbonyl (C=O) groups is 2. The van der Waals surface area contributed by atoms with Gasteiger partial charge in [0.15, 0.2) is 0 Å². The summed E-state index contributed by atoms with van der Waals surface area (Å²) in [5, 5.41) is 33.5. The van der Waals surface area contributed by atoms with Crippen molar-refractivity contribution in [3.05, 3.63) is 53.5 Å². The van der Waals surface area contributed by atoms with Gasteiger partial charge in [0.1, 0.15) is 22.9 Å². The van der Waals surface area contributed by atoms with E-state index in [-0.39, 0.29) is 44.0 Å². The maximum absolute atomic E-state index is 11.7. The average Bonchev–Trinajstić information content (AvgIpc) is 4.03. The largest absolute Gasteiger partial charge is 0.444 e. The third kappa shape index (κ3) is 22.1. The Morgan fingerprint density at radius 2 is 1.14 bits per heavy atom. The second-order valence-electron chi connectivity index (χ2n) is 18.0. The Balaban J connectivity index is 0.000000796. The molecule has 5 saturated heterocycles. The van der Waals surface area contributed by atoms with E-state index in [9.17, 15) is 36.6 Å². The highest BCUT2D eigenvalue weighted by atomic mass is 32.2. The number of rotatable bonds is 7. The van der Waals surface area contributed by atoms with E-state index in [1.54, 1.807) is 26.2 Å². The van der Waals surface area contributed by atoms with Gasteiger partial charge in [-0.05, 0) is 63.8 Å². The Morgan fingerprint density at radius 3 is 1.41 bits per heavy atom. The lowest BCUT2D eigenvalue weighted by molar-refractivity contribution is -0.0890. The number of β-amino-alcohol motifs (C(OH)–C–C–N with tert-alkyl or cyclic N) is 2. The van der Waals surface area contributed by atoms with Crippen LogP contribution in [0, 0.1) is 4.91 Å². The van der Waals surface area contributed by atoms with Crippen LogP contribution in [0.25, 0.3) is 0 Å². The van der Waals surface area contributed by atoms with Gasteiger partial charge in [0.2, 0.25) is 20.0 Å². The monoisotopic (exact) mass is 986 g/mol. The summed E-state index contributed by atoms with van der Waals surface area (Å²) in [4.78, 5) is 34.8. The first-order chi connectivity index (χ1) is 30.2. The highest BCUT2D eigenvalue weighted by molar-refractivity contribution is 7.88. The van der Waals surface area contributed by atoms with Crippen molar-refractivity contribution in [1.82, 2.24) is 23.7 Å². The summed E-state index contributed by atoms with van der Waals surface area (Å²) in [6, 6.07) is 0. The third-order valence-corrected chi connectivity index (χ3v) is 12.3. The van der Waals surface area contributed by atoms with E-state index in [0.717, 1.165) is 40.4 Å². The van der Waals surface area contributed by atoms with Gasteiger partial charge in [-0.3, -0.25) is 0 Å². The zero-order valence-corrected chi connectivity index (χ0v) is 42.8. The van der Waals surface area contributed by atoms with Crippen LogP contribution in [0.2, 0.25) is 0 Å². The van der Waals surface area contributed by atoms with Crippen molar-refractivity contribution in [2.75, 3.05) is 120 Å². The molecule has 0 unspecified atom stereocenters. The van der Waals surface area contributed by atoms with Crippen LogP contribution in [0.3, 0.4) is 0 Å². The number of hydrogen-bond donors (Lipinski definition) is 4. The molecule has 0 bridgehead atoms. The van der Waals surface area contributed by atoms with Gasteiger partial charge in [-0.15, -0.1) is 0 Å². The van der Waals surface area contributed by atoms with Crippen molar-refractivity contribution >= 4 is 32.2 Å². The number of amides is 2. The highest BCUT2D eigenvalue weighted by Crippen LogP contribution is 2.26. The van der Waals surface area contributed by atoms with Crippen molar-refractivity contribution in [2.24, 2.45) is 5.18 Å². The number of hydrogen-bond acceptors (Lipinski definition) is 18. The molecule has 5 fully saturated rings. The van der Waals surface area contributed by atoms with Crippen molar-refractivity contribution < 1.29 is 70.2 Å². The van der Waals surface area contributed by atoms with Crippen molar-refractivity contribution in [1.29, 1.82) is 0 Å². The molecule has 0 aromatic carbocycles. The number of nitrogens with one attached hydrogen (secondary N) is 1. The highest BCUT2D eigenvalue weighted by Gasteiger charge is 2.48. The van der Waals surface area contributed by atoms with Crippen molar-refractivity contribution in [2.45, 2.75) is 88.9 Å². The molecular formula is C42H78N6O16S2. The number of aliphatic hydroxyl groups is 3. The number of nitroso groups, excluding NO2 is 1. The first-order valence-corrected chi connectivity index (χ1v) is 24.5. The van der Waals surface area contributed by atoms with E-state index < -0.39 is 61.8 Å². The lowest BCUT2D eigenvalue weighted by Crippen LogP contribution is -2.46. The molecule has 5 aliphatic rings. The smallest absolute Gasteiger partial charge is 0.410 e. The maximum Gasteiger partial charge on any atom is 0.410 e. The lowest BCUT2D eigenvalue weighted by atomic mass is 10.0.